The molecule has 0 saturated carbocycles. The smallest absolute Gasteiger partial charge is 0.254 e. The van der Waals surface area contributed by atoms with Crippen LogP contribution in [0, 0.1) is 0 Å². The van der Waals surface area contributed by atoms with Gasteiger partial charge in [0.2, 0.25) is 5.95 Å². The molecule has 1 amide bonds. The highest BCUT2D eigenvalue weighted by atomic mass is 35.5. The number of benzene rings is 2. The van der Waals surface area contributed by atoms with Gasteiger partial charge in [0.15, 0.2) is 0 Å². The lowest BCUT2D eigenvalue weighted by atomic mass is 10.1. The van der Waals surface area contributed by atoms with E-state index >= 15 is 0 Å². The zero-order valence-corrected chi connectivity index (χ0v) is 21.7. The SMILES string of the molecule is CN1CCN(C(=O)c2cc(Nc3nccc(NCc4cccc(Cl)c4)n3)cc(N3CCOCC3)c2)CC1. The molecule has 2 aliphatic rings. The highest BCUT2D eigenvalue weighted by Crippen LogP contribution is 2.27. The van der Waals surface area contributed by atoms with Crippen molar-refractivity contribution in [1.29, 1.82) is 0 Å². The molecular formula is C27H32ClN7O2. The number of carbonyl (C=O) groups excluding carboxylic acids is 1. The quantitative estimate of drug-likeness (QED) is 0.487. The first-order valence-electron chi connectivity index (χ1n) is 12.6. The van der Waals surface area contributed by atoms with E-state index in [4.69, 9.17) is 16.3 Å². The number of piperazine rings is 1. The number of hydrogen-bond donors (Lipinski definition) is 2. The number of aromatic nitrogens is 2. The molecule has 2 N–H and O–H groups in total. The summed E-state index contributed by atoms with van der Waals surface area (Å²) in [7, 11) is 2.08. The van der Waals surface area contributed by atoms with Crippen molar-refractivity contribution < 1.29 is 9.53 Å². The van der Waals surface area contributed by atoms with Crippen LogP contribution in [0.5, 0.6) is 0 Å². The van der Waals surface area contributed by atoms with Crippen LogP contribution < -0.4 is 15.5 Å². The van der Waals surface area contributed by atoms with Crippen molar-refractivity contribution in [1.82, 2.24) is 19.8 Å². The van der Waals surface area contributed by atoms with Gasteiger partial charge in [0.25, 0.3) is 5.91 Å². The molecule has 3 heterocycles. The summed E-state index contributed by atoms with van der Waals surface area (Å²) in [6.45, 7) is 6.70. The number of morpholine rings is 1. The molecule has 0 spiro atoms. The predicted octanol–water partition coefficient (Wildman–Crippen LogP) is 3.71. The van der Waals surface area contributed by atoms with Gasteiger partial charge in [0, 0.05) is 74.0 Å². The van der Waals surface area contributed by atoms with Crippen LogP contribution in [-0.2, 0) is 11.3 Å². The maximum absolute atomic E-state index is 13.4. The van der Waals surface area contributed by atoms with E-state index in [-0.39, 0.29) is 5.91 Å². The Hall–Kier alpha value is -3.40. The van der Waals surface area contributed by atoms with Gasteiger partial charge in [-0.2, -0.15) is 4.98 Å². The molecule has 1 aromatic heterocycles. The van der Waals surface area contributed by atoms with Crippen LogP contribution in [0.25, 0.3) is 0 Å². The van der Waals surface area contributed by atoms with Gasteiger partial charge in [0.1, 0.15) is 5.82 Å². The number of likely N-dealkylation sites (N-methyl/N-ethyl adjacent to an activating group) is 1. The van der Waals surface area contributed by atoms with E-state index in [9.17, 15) is 4.79 Å². The molecule has 2 aromatic carbocycles. The maximum atomic E-state index is 13.4. The Bertz CT molecular complexity index is 1230. The van der Waals surface area contributed by atoms with Gasteiger partial charge < -0.3 is 30.1 Å². The highest BCUT2D eigenvalue weighted by molar-refractivity contribution is 6.30. The van der Waals surface area contributed by atoms with Crippen LogP contribution in [0.1, 0.15) is 15.9 Å². The standard InChI is InChI=1S/C27H32ClN7O2/c1-33-7-9-35(10-8-33)26(36)21-16-23(18-24(17-21)34-11-13-37-14-12-34)31-27-29-6-5-25(32-27)30-19-20-3-2-4-22(28)15-20/h2-6,15-18H,7-14,19H2,1H3,(H2,29,30,31,32). The van der Waals surface area contributed by atoms with E-state index in [0.29, 0.717) is 42.1 Å². The molecule has 10 heteroatoms. The van der Waals surface area contributed by atoms with Crippen LogP contribution in [0.15, 0.2) is 54.7 Å². The molecule has 9 nitrogen and oxygen atoms in total. The lowest BCUT2D eigenvalue weighted by molar-refractivity contribution is 0.0664. The average molecular weight is 522 g/mol. The fourth-order valence-corrected chi connectivity index (χ4v) is 4.70. The summed E-state index contributed by atoms with van der Waals surface area (Å²) >= 11 is 6.10. The average Bonchev–Trinajstić information content (AvgIpc) is 2.92. The number of anilines is 4. The molecule has 37 heavy (non-hydrogen) atoms. The lowest BCUT2D eigenvalue weighted by Crippen LogP contribution is -2.47. The summed E-state index contributed by atoms with van der Waals surface area (Å²) in [5.41, 5.74) is 3.48. The van der Waals surface area contributed by atoms with E-state index < -0.39 is 0 Å². The third-order valence-electron chi connectivity index (χ3n) is 6.61. The Morgan fingerprint density at radius 2 is 1.84 bits per heavy atom. The normalized spacial score (nSPS) is 16.5. The Morgan fingerprint density at radius 1 is 1.03 bits per heavy atom. The first-order valence-corrected chi connectivity index (χ1v) is 13.0. The van der Waals surface area contributed by atoms with Gasteiger partial charge in [-0.15, -0.1) is 0 Å². The van der Waals surface area contributed by atoms with Crippen molar-refractivity contribution in [3.63, 3.8) is 0 Å². The molecule has 5 rings (SSSR count). The fourth-order valence-electron chi connectivity index (χ4n) is 4.49. The molecule has 0 radical (unpaired) electrons. The molecule has 2 aliphatic heterocycles. The lowest BCUT2D eigenvalue weighted by Gasteiger charge is -2.33. The summed E-state index contributed by atoms with van der Waals surface area (Å²) in [5.74, 6) is 1.19. The molecule has 3 aromatic rings. The van der Waals surface area contributed by atoms with Gasteiger partial charge in [0.05, 0.1) is 13.2 Å². The van der Waals surface area contributed by atoms with Crippen molar-refractivity contribution >= 4 is 40.6 Å². The summed E-state index contributed by atoms with van der Waals surface area (Å²) in [5, 5.41) is 7.33. The second-order valence-electron chi connectivity index (χ2n) is 9.34. The van der Waals surface area contributed by atoms with Gasteiger partial charge in [-0.25, -0.2) is 4.98 Å². The Morgan fingerprint density at radius 3 is 2.62 bits per heavy atom. The molecule has 2 saturated heterocycles. The molecule has 2 fully saturated rings. The molecule has 0 atom stereocenters. The van der Waals surface area contributed by atoms with Gasteiger partial charge in [-0.1, -0.05) is 23.7 Å². The number of hydrogen-bond acceptors (Lipinski definition) is 8. The monoisotopic (exact) mass is 521 g/mol. The van der Waals surface area contributed by atoms with Crippen LogP contribution in [0.3, 0.4) is 0 Å². The number of halogens is 1. The number of carbonyl (C=O) groups is 1. The van der Waals surface area contributed by atoms with Crippen molar-refractivity contribution in [2.45, 2.75) is 6.54 Å². The van der Waals surface area contributed by atoms with Crippen LogP contribution in [0.4, 0.5) is 23.1 Å². The fraction of sp³-hybridized carbons (Fsp3) is 0.370. The molecule has 0 unspecified atom stereocenters. The van der Waals surface area contributed by atoms with Gasteiger partial charge in [-0.05, 0) is 49.0 Å². The Kier molecular flexibility index (Phi) is 8.03. The number of nitrogens with zero attached hydrogens (tertiary/aromatic N) is 5. The number of amides is 1. The zero-order valence-electron chi connectivity index (χ0n) is 21.0. The largest absolute Gasteiger partial charge is 0.378 e. The second-order valence-corrected chi connectivity index (χ2v) is 9.77. The summed E-state index contributed by atoms with van der Waals surface area (Å²) in [4.78, 5) is 28.9. The predicted molar refractivity (Wildman–Crippen MR) is 147 cm³/mol. The first kappa shape index (κ1) is 25.3. The van der Waals surface area contributed by atoms with Crippen molar-refractivity contribution in [2.75, 3.05) is 75.1 Å². The van der Waals surface area contributed by atoms with Crippen molar-refractivity contribution in [3.05, 3.63) is 70.9 Å². The molecule has 194 valence electrons. The first-order chi connectivity index (χ1) is 18.0. The van der Waals surface area contributed by atoms with E-state index in [1.54, 1.807) is 6.20 Å². The Labute approximate surface area is 222 Å². The second kappa shape index (κ2) is 11.8. The van der Waals surface area contributed by atoms with E-state index in [1.165, 1.54) is 0 Å². The van der Waals surface area contributed by atoms with E-state index in [0.717, 1.165) is 56.2 Å². The zero-order chi connectivity index (χ0) is 25.6. The molecular weight excluding hydrogens is 490 g/mol. The highest BCUT2D eigenvalue weighted by Gasteiger charge is 2.22. The number of ether oxygens (including phenoxy) is 1. The molecule has 0 bridgehead atoms. The third kappa shape index (κ3) is 6.68. The van der Waals surface area contributed by atoms with Crippen LogP contribution in [-0.4, -0.2) is 85.2 Å². The van der Waals surface area contributed by atoms with E-state index in [2.05, 4.69) is 37.4 Å². The third-order valence-corrected chi connectivity index (χ3v) is 6.84. The van der Waals surface area contributed by atoms with Crippen LogP contribution >= 0.6 is 11.6 Å². The van der Waals surface area contributed by atoms with Gasteiger partial charge >= 0.3 is 0 Å². The maximum Gasteiger partial charge on any atom is 0.254 e. The number of nitrogens with one attached hydrogen (secondary N) is 2. The molecule has 0 aliphatic carbocycles. The minimum absolute atomic E-state index is 0.0455. The van der Waals surface area contributed by atoms with E-state index in [1.807, 2.05) is 53.4 Å². The van der Waals surface area contributed by atoms with Crippen molar-refractivity contribution in [2.24, 2.45) is 0 Å². The summed E-state index contributed by atoms with van der Waals surface area (Å²) < 4.78 is 5.53. The number of rotatable bonds is 7. The Balaban J connectivity index is 1.35. The summed E-state index contributed by atoms with van der Waals surface area (Å²) in [6, 6.07) is 15.4. The van der Waals surface area contributed by atoms with Crippen molar-refractivity contribution in [3.8, 4) is 0 Å². The van der Waals surface area contributed by atoms with Gasteiger partial charge in [-0.3, -0.25) is 4.79 Å². The topological polar surface area (TPSA) is 85.9 Å². The summed E-state index contributed by atoms with van der Waals surface area (Å²) in [6.07, 6.45) is 1.71. The minimum atomic E-state index is 0.0455. The van der Waals surface area contributed by atoms with Crippen LogP contribution in [0.2, 0.25) is 5.02 Å². The minimum Gasteiger partial charge on any atom is -0.378 e.